The second-order valence-electron chi connectivity index (χ2n) is 6.57. The first-order valence-electron chi connectivity index (χ1n) is 8.92. The number of aryl methyl sites for hydroxylation is 1. The van der Waals surface area contributed by atoms with Crippen molar-refractivity contribution in [3.05, 3.63) is 41.2 Å². The Kier molecular flexibility index (Phi) is 4.55. The maximum atomic E-state index is 12.9. The Hall–Kier alpha value is -2.90. The molecule has 2 aromatic rings. The van der Waals surface area contributed by atoms with E-state index in [4.69, 9.17) is 4.74 Å². The molecule has 0 unspecified atom stereocenters. The molecule has 1 fully saturated rings. The van der Waals surface area contributed by atoms with E-state index in [9.17, 15) is 9.59 Å². The van der Waals surface area contributed by atoms with Crippen LogP contribution in [0.5, 0.6) is 5.75 Å². The Labute approximate surface area is 151 Å². The molecule has 1 saturated heterocycles. The minimum absolute atomic E-state index is 0.00843. The Morgan fingerprint density at radius 1 is 1.04 bits per heavy atom. The average molecular weight is 355 g/mol. The molecule has 2 aliphatic rings. The van der Waals surface area contributed by atoms with E-state index in [1.807, 2.05) is 23.1 Å². The molecule has 1 N–H and O–H groups in total. The van der Waals surface area contributed by atoms with E-state index in [2.05, 4.69) is 15.4 Å². The molecule has 8 nitrogen and oxygen atoms in total. The fraction of sp³-hybridized carbons (Fsp3) is 0.444. The van der Waals surface area contributed by atoms with Crippen LogP contribution in [0, 0.1) is 0 Å². The molecule has 4 rings (SSSR count). The van der Waals surface area contributed by atoms with Crippen molar-refractivity contribution >= 4 is 11.8 Å². The summed E-state index contributed by atoms with van der Waals surface area (Å²) in [6.07, 6.45) is 4.08. The van der Waals surface area contributed by atoms with Crippen LogP contribution in [0.4, 0.5) is 0 Å². The molecular formula is C18H21N5O3. The first-order chi connectivity index (χ1) is 12.7. The van der Waals surface area contributed by atoms with Gasteiger partial charge in [0, 0.05) is 31.7 Å². The van der Waals surface area contributed by atoms with Crippen LogP contribution >= 0.6 is 0 Å². The smallest absolute Gasteiger partial charge is 0.276 e. The summed E-state index contributed by atoms with van der Waals surface area (Å²) in [6.45, 7) is 2.98. The number of nitrogens with zero attached hydrogens (tertiary/aromatic N) is 4. The lowest BCUT2D eigenvalue weighted by Crippen LogP contribution is -2.37. The number of nitrogens with one attached hydrogen (secondary N) is 1. The number of aromatic amines is 1. The van der Waals surface area contributed by atoms with Crippen LogP contribution in [-0.2, 0) is 6.42 Å². The second kappa shape index (κ2) is 7.15. The number of fused-ring (bicyclic) bond motifs is 1. The van der Waals surface area contributed by atoms with E-state index in [1.54, 1.807) is 4.90 Å². The Bertz CT molecular complexity index is 805. The summed E-state index contributed by atoms with van der Waals surface area (Å²) in [4.78, 5) is 28.9. The molecular weight excluding hydrogens is 334 g/mol. The summed E-state index contributed by atoms with van der Waals surface area (Å²) in [5, 5.41) is 9.98. The maximum absolute atomic E-state index is 12.9. The van der Waals surface area contributed by atoms with Gasteiger partial charge in [-0.05, 0) is 43.0 Å². The van der Waals surface area contributed by atoms with Gasteiger partial charge in [0.15, 0.2) is 5.69 Å². The normalized spacial score (nSPS) is 17.2. The number of carbonyl (C=O) groups excluding carboxylic acids is 2. The van der Waals surface area contributed by atoms with Gasteiger partial charge in [-0.15, -0.1) is 0 Å². The minimum Gasteiger partial charge on any atom is -0.493 e. The van der Waals surface area contributed by atoms with Crippen molar-refractivity contribution in [3.63, 3.8) is 0 Å². The molecule has 1 aromatic heterocycles. The van der Waals surface area contributed by atoms with E-state index in [-0.39, 0.29) is 11.8 Å². The molecule has 0 spiro atoms. The summed E-state index contributed by atoms with van der Waals surface area (Å²) < 4.78 is 5.62. The lowest BCUT2D eigenvalue weighted by molar-refractivity contribution is 0.0715. The zero-order chi connectivity index (χ0) is 17.9. The quantitative estimate of drug-likeness (QED) is 0.872. The van der Waals surface area contributed by atoms with Gasteiger partial charge in [0.05, 0.1) is 12.8 Å². The first kappa shape index (κ1) is 16.6. The average Bonchev–Trinajstić information content (AvgIpc) is 3.11. The predicted octanol–water partition coefficient (Wildman–Crippen LogP) is 1.12. The number of hydrogen-bond donors (Lipinski definition) is 1. The van der Waals surface area contributed by atoms with Crippen LogP contribution in [0.25, 0.3) is 0 Å². The molecule has 8 heteroatoms. The van der Waals surface area contributed by atoms with Crippen molar-refractivity contribution in [2.45, 2.75) is 19.3 Å². The number of benzene rings is 1. The van der Waals surface area contributed by atoms with E-state index in [1.165, 1.54) is 6.20 Å². The third-order valence-electron chi connectivity index (χ3n) is 4.86. The van der Waals surface area contributed by atoms with Crippen molar-refractivity contribution in [1.82, 2.24) is 25.2 Å². The van der Waals surface area contributed by atoms with Crippen molar-refractivity contribution in [2.24, 2.45) is 0 Å². The second-order valence-corrected chi connectivity index (χ2v) is 6.57. The van der Waals surface area contributed by atoms with Gasteiger partial charge in [0.2, 0.25) is 0 Å². The standard InChI is InChI=1S/C18H21N5O3/c24-17(14-4-5-16-13(11-14)3-1-10-26-16)22-6-2-7-23(9-8-22)18(25)15-12-19-21-20-15/h4-5,11-12H,1-3,6-10H2,(H,19,20,21). The van der Waals surface area contributed by atoms with Gasteiger partial charge in [-0.25, -0.2) is 0 Å². The molecule has 2 aliphatic heterocycles. The minimum atomic E-state index is -0.154. The third-order valence-corrected chi connectivity index (χ3v) is 4.86. The van der Waals surface area contributed by atoms with E-state index in [0.717, 1.165) is 37.2 Å². The fourth-order valence-corrected chi connectivity index (χ4v) is 3.47. The van der Waals surface area contributed by atoms with Crippen molar-refractivity contribution < 1.29 is 14.3 Å². The Balaban J connectivity index is 1.44. The monoisotopic (exact) mass is 355 g/mol. The first-order valence-corrected chi connectivity index (χ1v) is 8.92. The number of amides is 2. The number of rotatable bonds is 2. The summed E-state index contributed by atoms with van der Waals surface area (Å²) >= 11 is 0. The van der Waals surface area contributed by atoms with Gasteiger partial charge in [-0.3, -0.25) is 9.59 Å². The van der Waals surface area contributed by atoms with Crippen LogP contribution in [0.3, 0.4) is 0 Å². The number of aromatic nitrogens is 3. The van der Waals surface area contributed by atoms with E-state index < -0.39 is 0 Å². The largest absolute Gasteiger partial charge is 0.493 e. The van der Waals surface area contributed by atoms with Crippen LogP contribution in [0.1, 0.15) is 39.3 Å². The highest BCUT2D eigenvalue weighted by Gasteiger charge is 2.25. The van der Waals surface area contributed by atoms with Crippen LogP contribution < -0.4 is 4.74 Å². The zero-order valence-electron chi connectivity index (χ0n) is 14.5. The van der Waals surface area contributed by atoms with E-state index >= 15 is 0 Å². The highest BCUT2D eigenvalue weighted by atomic mass is 16.5. The van der Waals surface area contributed by atoms with Gasteiger partial charge in [0.25, 0.3) is 11.8 Å². The van der Waals surface area contributed by atoms with Gasteiger partial charge in [-0.1, -0.05) is 0 Å². The van der Waals surface area contributed by atoms with Gasteiger partial charge < -0.3 is 14.5 Å². The molecule has 2 amide bonds. The predicted molar refractivity (Wildman–Crippen MR) is 93.1 cm³/mol. The highest BCUT2D eigenvalue weighted by Crippen LogP contribution is 2.26. The molecule has 136 valence electrons. The molecule has 0 radical (unpaired) electrons. The van der Waals surface area contributed by atoms with Crippen LogP contribution in [0.15, 0.2) is 24.4 Å². The summed E-state index contributed by atoms with van der Waals surface area (Å²) in [6, 6.07) is 5.66. The third kappa shape index (κ3) is 3.26. The van der Waals surface area contributed by atoms with Crippen LogP contribution in [-0.4, -0.2) is 69.8 Å². The molecule has 0 aliphatic carbocycles. The zero-order valence-corrected chi connectivity index (χ0v) is 14.5. The number of carbonyl (C=O) groups is 2. The number of hydrogen-bond acceptors (Lipinski definition) is 5. The van der Waals surface area contributed by atoms with Crippen molar-refractivity contribution in [2.75, 3.05) is 32.8 Å². The van der Waals surface area contributed by atoms with Gasteiger partial charge in [-0.2, -0.15) is 15.4 Å². The summed E-state index contributed by atoms with van der Waals surface area (Å²) in [7, 11) is 0. The summed E-state index contributed by atoms with van der Waals surface area (Å²) in [5.74, 6) is 0.737. The molecule has 3 heterocycles. The summed E-state index contributed by atoms with van der Waals surface area (Å²) in [5.41, 5.74) is 2.09. The lowest BCUT2D eigenvalue weighted by Gasteiger charge is -2.23. The number of ether oxygens (including phenoxy) is 1. The van der Waals surface area contributed by atoms with E-state index in [0.29, 0.717) is 37.4 Å². The van der Waals surface area contributed by atoms with Crippen molar-refractivity contribution in [1.29, 1.82) is 0 Å². The Morgan fingerprint density at radius 3 is 2.62 bits per heavy atom. The van der Waals surface area contributed by atoms with Gasteiger partial charge in [0.1, 0.15) is 5.75 Å². The maximum Gasteiger partial charge on any atom is 0.276 e. The fourth-order valence-electron chi connectivity index (χ4n) is 3.47. The topological polar surface area (TPSA) is 91.4 Å². The molecule has 0 atom stereocenters. The van der Waals surface area contributed by atoms with Gasteiger partial charge >= 0.3 is 0 Å². The lowest BCUT2D eigenvalue weighted by atomic mass is 10.0. The molecule has 0 saturated carbocycles. The highest BCUT2D eigenvalue weighted by molar-refractivity contribution is 5.95. The Morgan fingerprint density at radius 2 is 1.85 bits per heavy atom. The SMILES string of the molecule is O=C(c1ccc2c(c1)CCCO2)N1CCCN(C(=O)c2cn[nH]n2)CC1. The molecule has 1 aromatic carbocycles. The number of H-pyrrole nitrogens is 1. The molecule has 0 bridgehead atoms. The van der Waals surface area contributed by atoms with Crippen LogP contribution in [0.2, 0.25) is 0 Å². The molecule has 26 heavy (non-hydrogen) atoms. The van der Waals surface area contributed by atoms with Crippen molar-refractivity contribution in [3.8, 4) is 5.75 Å².